The third-order valence-electron chi connectivity index (χ3n) is 4.09. The Morgan fingerprint density at radius 1 is 1.14 bits per heavy atom. The molecule has 7 heteroatoms. The van der Waals surface area contributed by atoms with Gasteiger partial charge in [0.25, 0.3) is 0 Å². The lowest BCUT2D eigenvalue weighted by molar-refractivity contribution is -0.115. The number of thiazole rings is 1. The van der Waals surface area contributed by atoms with E-state index < -0.39 is 0 Å². The molecule has 136 valence electrons. The summed E-state index contributed by atoms with van der Waals surface area (Å²) in [6.45, 7) is 1.50. The number of nitrogens with zero attached hydrogens (tertiary/aromatic N) is 4. The Morgan fingerprint density at radius 2 is 1.89 bits per heavy atom. The summed E-state index contributed by atoms with van der Waals surface area (Å²) in [7, 11) is 0. The van der Waals surface area contributed by atoms with Crippen molar-refractivity contribution in [2.75, 3.05) is 4.90 Å². The predicted octanol–water partition coefficient (Wildman–Crippen LogP) is 4.77. The van der Waals surface area contributed by atoms with Crippen LogP contribution in [0.5, 0.6) is 0 Å². The fourth-order valence-corrected chi connectivity index (χ4v) is 3.68. The largest absolute Gasteiger partial charge is 0.337 e. The Kier molecular flexibility index (Phi) is 4.70. The topological polar surface area (TPSA) is 85.7 Å². The Balaban J connectivity index is 1.69. The van der Waals surface area contributed by atoms with Gasteiger partial charge in [-0.3, -0.25) is 9.69 Å². The number of nitrogens with one attached hydrogen (secondary N) is 1. The van der Waals surface area contributed by atoms with Crippen molar-refractivity contribution < 1.29 is 4.79 Å². The van der Waals surface area contributed by atoms with Gasteiger partial charge in [-0.1, -0.05) is 30.3 Å². The number of hydrogen-bond acceptors (Lipinski definition) is 5. The number of aromatic amines is 1. The van der Waals surface area contributed by atoms with E-state index in [1.54, 1.807) is 11.0 Å². The predicted molar refractivity (Wildman–Crippen MR) is 111 cm³/mol. The van der Waals surface area contributed by atoms with Gasteiger partial charge >= 0.3 is 0 Å². The first-order chi connectivity index (χ1) is 13.7. The van der Waals surface area contributed by atoms with Crippen molar-refractivity contribution in [1.29, 1.82) is 5.26 Å². The van der Waals surface area contributed by atoms with Gasteiger partial charge in [0.1, 0.15) is 11.9 Å². The molecule has 0 aliphatic carbocycles. The molecule has 2 heterocycles. The van der Waals surface area contributed by atoms with Crippen molar-refractivity contribution in [2.45, 2.75) is 6.92 Å². The number of carbonyl (C=O) groups excluding carboxylic acids is 1. The second kappa shape index (κ2) is 7.47. The first-order valence-electron chi connectivity index (χ1n) is 8.54. The van der Waals surface area contributed by atoms with E-state index in [0.29, 0.717) is 22.2 Å². The van der Waals surface area contributed by atoms with Crippen molar-refractivity contribution in [2.24, 2.45) is 0 Å². The maximum atomic E-state index is 12.2. The van der Waals surface area contributed by atoms with Gasteiger partial charge in [0.2, 0.25) is 5.91 Å². The second-order valence-corrected chi connectivity index (χ2v) is 6.85. The molecule has 0 unspecified atom stereocenters. The number of imidazole rings is 1. The monoisotopic (exact) mass is 385 g/mol. The third-order valence-corrected chi connectivity index (χ3v) is 4.93. The van der Waals surface area contributed by atoms with Crippen LogP contribution < -0.4 is 4.90 Å². The van der Waals surface area contributed by atoms with E-state index in [1.165, 1.54) is 18.3 Å². The number of amides is 1. The number of anilines is 2. The highest BCUT2D eigenvalue weighted by Gasteiger charge is 2.17. The molecule has 1 N–H and O–H groups in total. The summed E-state index contributed by atoms with van der Waals surface area (Å²) >= 11 is 1.34. The molecule has 0 atom stereocenters. The van der Waals surface area contributed by atoms with E-state index in [4.69, 9.17) is 0 Å². The van der Waals surface area contributed by atoms with Crippen LogP contribution in [0.2, 0.25) is 0 Å². The molecule has 0 spiro atoms. The number of carbonyl (C=O) groups is 1. The zero-order chi connectivity index (χ0) is 19.5. The molecule has 0 saturated heterocycles. The number of H-pyrrole nitrogens is 1. The molecule has 0 fully saturated rings. The lowest BCUT2D eigenvalue weighted by Gasteiger charge is -2.17. The minimum absolute atomic E-state index is 0.131. The van der Waals surface area contributed by atoms with E-state index in [2.05, 4.69) is 21.0 Å². The van der Waals surface area contributed by atoms with Crippen LogP contribution in [0, 0.1) is 11.3 Å². The highest BCUT2D eigenvalue weighted by Crippen LogP contribution is 2.30. The van der Waals surface area contributed by atoms with Crippen LogP contribution in [0.15, 0.2) is 60.0 Å². The molecular formula is C21H15N5OS. The molecule has 2 aromatic heterocycles. The number of nitriles is 1. The summed E-state index contributed by atoms with van der Waals surface area (Å²) in [6, 6.07) is 19.1. The van der Waals surface area contributed by atoms with Gasteiger partial charge in [-0.2, -0.15) is 5.26 Å². The molecule has 0 radical (unpaired) electrons. The maximum Gasteiger partial charge on any atom is 0.230 e. The highest BCUT2D eigenvalue weighted by molar-refractivity contribution is 7.14. The molecule has 4 rings (SSSR count). The van der Waals surface area contributed by atoms with E-state index in [1.807, 2.05) is 60.0 Å². The average molecular weight is 385 g/mol. The Bertz CT molecular complexity index is 1180. The minimum Gasteiger partial charge on any atom is -0.337 e. The number of para-hydroxylation sites is 3. The van der Waals surface area contributed by atoms with Crippen molar-refractivity contribution in [3.63, 3.8) is 0 Å². The summed E-state index contributed by atoms with van der Waals surface area (Å²) in [4.78, 5) is 25.9. The van der Waals surface area contributed by atoms with Crippen molar-refractivity contribution in [3.8, 4) is 6.07 Å². The van der Waals surface area contributed by atoms with E-state index >= 15 is 0 Å². The lowest BCUT2D eigenvalue weighted by Crippen LogP contribution is -2.22. The summed E-state index contributed by atoms with van der Waals surface area (Å²) < 4.78 is 0. The van der Waals surface area contributed by atoms with Crippen LogP contribution in [0.1, 0.15) is 18.4 Å². The molecule has 0 aliphatic rings. The average Bonchev–Trinajstić information content (AvgIpc) is 3.33. The minimum atomic E-state index is -0.131. The van der Waals surface area contributed by atoms with Crippen LogP contribution in [-0.4, -0.2) is 20.9 Å². The summed E-state index contributed by atoms with van der Waals surface area (Å²) in [6.07, 6.45) is 1.67. The van der Waals surface area contributed by atoms with E-state index in [9.17, 15) is 10.1 Å². The van der Waals surface area contributed by atoms with Gasteiger partial charge in [0.05, 0.1) is 28.0 Å². The molecule has 4 aromatic rings. The fraction of sp³-hybridized carbons (Fsp3) is 0.0476. The SMILES string of the molecule is CC(=O)N(c1ccccc1)c1nc(/C=C(\C#N)c2nc3ccccc3[nH]2)cs1. The quantitative estimate of drug-likeness (QED) is 0.513. The fourth-order valence-electron chi connectivity index (χ4n) is 2.83. The standard InChI is InChI=1S/C21H15N5OS/c1-14(27)26(17-7-3-2-4-8-17)21-23-16(13-28-21)11-15(12-22)20-24-18-9-5-6-10-19(18)25-20/h2-11,13H,1H3,(H,24,25)/b15-11+. The normalized spacial score (nSPS) is 11.4. The van der Waals surface area contributed by atoms with Crippen molar-refractivity contribution in [3.05, 3.63) is 71.5 Å². The highest BCUT2D eigenvalue weighted by atomic mass is 32.1. The molecule has 0 aliphatic heterocycles. The zero-order valence-electron chi connectivity index (χ0n) is 15.0. The van der Waals surface area contributed by atoms with Crippen molar-refractivity contribution in [1.82, 2.24) is 15.0 Å². The van der Waals surface area contributed by atoms with Gasteiger partial charge in [-0.25, -0.2) is 9.97 Å². The molecular weight excluding hydrogens is 370 g/mol. The van der Waals surface area contributed by atoms with Gasteiger partial charge in [0, 0.05) is 12.3 Å². The maximum absolute atomic E-state index is 12.2. The number of fused-ring (bicyclic) bond motifs is 1. The van der Waals surface area contributed by atoms with E-state index in [0.717, 1.165) is 16.7 Å². The van der Waals surface area contributed by atoms with Gasteiger partial charge in [-0.05, 0) is 30.3 Å². The Morgan fingerprint density at radius 3 is 2.61 bits per heavy atom. The number of allylic oxidation sites excluding steroid dienone is 1. The second-order valence-electron chi connectivity index (χ2n) is 6.02. The first kappa shape index (κ1) is 17.6. The van der Waals surface area contributed by atoms with Gasteiger partial charge < -0.3 is 4.98 Å². The smallest absolute Gasteiger partial charge is 0.230 e. The molecule has 1 amide bonds. The number of hydrogen-bond donors (Lipinski definition) is 1. The number of benzene rings is 2. The van der Waals surface area contributed by atoms with E-state index in [-0.39, 0.29) is 5.91 Å². The zero-order valence-corrected chi connectivity index (χ0v) is 15.8. The summed E-state index contributed by atoms with van der Waals surface area (Å²) in [5.41, 5.74) is 3.38. The number of rotatable bonds is 4. The summed E-state index contributed by atoms with van der Waals surface area (Å²) in [5.74, 6) is 0.360. The molecule has 2 aromatic carbocycles. The van der Waals surface area contributed by atoms with Crippen LogP contribution in [0.25, 0.3) is 22.7 Å². The van der Waals surface area contributed by atoms with Crippen LogP contribution >= 0.6 is 11.3 Å². The Hall–Kier alpha value is -3.76. The first-order valence-corrected chi connectivity index (χ1v) is 9.42. The molecule has 6 nitrogen and oxygen atoms in total. The van der Waals surface area contributed by atoms with Crippen molar-refractivity contribution >= 4 is 50.7 Å². The van der Waals surface area contributed by atoms with Gasteiger partial charge in [0.15, 0.2) is 5.13 Å². The lowest BCUT2D eigenvalue weighted by atomic mass is 10.2. The number of aromatic nitrogens is 3. The summed E-state index contributed by atoms with van der Waals surface area (Å²) in [5, 5.41) is 11.9. The molecule has 0 bridgehead atoms. The third kappa shape index (κ3) is 3.41. The Labute approximate surface area is 165 Å². The van der Waals surface area contributed by atoms with Crippen LogP contribution in [0.4, 0.5) is 10.8 Å². The molecule has 0 saturated carbocycles. The van der Waals surface area contributed by atoms with Gasteiger partial charge in [-0.15, -0.1) is 11.3 Å². The molecule has 28 heavy (non-hydrogen) atoms. The van der Waals surface area contributed by atoms with Crippen LogP contribution in [0.3, 0.4) is 0 Å². The van der Waals surface area contributed by atoms with Crippen LogP contribution in [-0.2, 0) is 4.79 Å².